The van der Waals surface area contributed by atoms with E-state index >= 15 is 0 Å². The van der Waals surface area contributed by atoms with Gasteiger partial charge in [-0.2, -0.15) is 0 Å². The van der Waals surface area contributed by atoms with Crippen LogP contribution in [0.5, 0.6) is 17.2 Å². The molecule has 0 saturated carbocycles. The molecule has 0 atom stereocenters. The van der Waals surface area contributed by atoms with Gasteiger partial charge in [-0.1, -0.05) is 12.1 Å². The molecule has 0 aliphatic rings. The van der Waals surface area contributed by atoms with Crippen molar-refractivity contribution < 1.29 is 27.4 Å². The summed E-state index contributed by atoms with van der Waals surface area (Å²) < 4.78 is 54.0. The second-order valence-corrected chi connectivity index (χ2v) is 6.93. The minimum atomic E-state index is -4.71. The Hall–Kier alpha value is -3.68. The van der Waals surface area contributed by atoms with E-state index in [0.29, 0.717) is 25.5 Å². The largest absolute Gasteiger partial charge is 0.573 e. The minimum absolute atomic E-state index is 0.283. The van der Waals surface area contributed by atoms with Crippen LogP contribution in [0.4, 0.5) is 13.2 Å². The SMILES string of the molecule is CCOc1cccc(-c2nccc3c2ccn3CCOc2ccc(OC(F)(F)F)cc2)c1. The molecule has 2 aromatic heterocycles. The zero-order valence-electron chi connectivity index (χ0n) is 17.3. The van der Waals surface area contributed by atoms with Crippen molar-refractivity contribution in [2.24, 2.45) is 0 Å². The van der Waals surface area contributed by atoms with Crippen molar-refractivity contribution in [1.82, 2.24) is 9.55 Å². The van der Waals surface area contributed by atoms with Gasteiger partial charge in [0.25, 0.3) is 0 Å². The van der Waals surface area contributed by atoms with E-state index in [0.717, 1.165) is 27.9 Å². The number of alkyl halides is 3. The van der Waals surface area contributed by atoms with Gasteiger partial charge in [0.05, 0.1) is 24.4 Å². The third-order valence-corrected chi connectivity index (χ3v) is 4.77. The van der Waals surface area contributed by atoms with Crippen molar-refractivity contribution in [3.05, 3.63) is 73.1 Å². The molecule has 0 saturated heterocycles. The molecule has 2 heterocycles. The van der Waals surface area contributed by atoms with Crippen LogP contribution in [-0.2, 0) is 6.54 Å². The van der Waals surface area contributed by atoms with Crippen molar-refractivity contribution in [1.29, 1.82) is 0 Å². The van der Waals surface area contributed by atoms with Crippen molar-refractivity contribution in [2.75, 3.05) is 13.2 Å². The molecule has 0 radical (unpaired) electrons. The maximum Gasteiger partial charge on any atom is 0.573 e. The summed E-state index contributed by atoms with van der Waals surface area (Å²) in [5, 5.41) is 1.01. The molecule has 0 aliphatic heterocycles. The molecule has 0 unspecified atom stereocenters. The molecular formula is C24H21F3N2O3. The molecule has 0 amide bonds. The number of nitrogens with zero attached hydrogens (tertiary/aromatic N) is 2. The van der Waals surface area contributed by atoms with Gasteiger partial charge in [-0.3, -0.25) is 4.98 Å². The molecule has 0 bridgehead atoms. The average molecular weight is 442 g/mol. The first-order valence-corrected chi connectivity index (χ1v) is 10.1. The summed E-state index contributed by atoms with van der Waals surface area (Å²) in [6.07, 6.45) is -0.983. The van der Waals surface area contributed by atoms with Gasteiger partial charge < -0.3 is 18.8 Å². The van der Waals surface area contributed by atoms with E-state index in [-0.39, 0.29) is 5.75 Å². The normalized spacial score (nSPS) is 11.5. The molecule has 0 aliphatic carbocycles. The minimum Gasteiger partial charge on any atom is -0.494 e. The van der Waals surface area contributed by atoms with E-state index in [1.54, 1.807) is 6.20 Å². The Bertz CT molecular complexity index is 1190. The van der Waals surface area contributed by atoms with Gasteiger partial charge in [-0.25, -0.2) is 0 Å². The first kappa shape index (κ1) is 21.5. The van der Waals surface area contributed by atoms with E-state index in [9.17, 15) is 13.2 Å². The first-order chi connectivity index (χ1) is 15.4. The molecule has 32 heavy (non-hydrogen) atoms. The average Bonchev–Trinajstić information content (AvgIpc) is 3.18. The van der Waals surface area contributed by atoms with Gasteiger partial charge in [0.1, 0.15) is 23.9 Å². The molecular weight excluding hydrogens is 421 g/mol. The fourth-order valence-electron chi connectivity index (χ4n) is 3.45. The molecule has 0 N–H and O–H groups in total. The van der Waals surface area contributed by atoms with Crippen LogP contribution in [0.15, 0.2) is 73.1 Å². The number of fused-ring (bicyclic) bond motifs is 1. The molecule has 8 heteroatoms. The number of halogens is 3. The number of hydrogen-bond acceptors (Lipinski definition) is 4. The van der Waals surface area contributed by atoms with Gasteiger partial charge in [0.2, 0.25) is 0 Å². The van der Waals surface area contributed by atoms with Gasteiger partial charge in [0.15, 0.2) is 0 Å². The molecule has 2 aromatic carbocycles. The Morgan fingerprint density at radius 3 is 2.44 bits per heavy atom. The van der Waals surface area contributed by atoms with Crippen molar-refractivity contribution in [3.63, 3.8) is 0 Å². The number of rotatable bonds is 8. The fraction of sp³-hybridized carbons (Fsp3) is 0.208. The highest BCUT2D eigenvalue weighted by atomic mass is 19.4. The lowest BCUT2D eigenvalue weighted by atomic mass is 10.1. The van der Waals surface area contributed by atoms with Crippen LogP contribution in [0.3, 0.4) is 0 Å². The third kappa shape index (κ3) is 5.14. The predicted molar refractivity (Wildman–Crippen MR) is 115 cm³/mol. The lowest BCUT2D eigenvalue weighted by molar-refractivity contribution is -0.274. The number of aromatic nitrogens is 2. The fourth-order valence-corrected chi connectivity index (χ4v) is 3.45. The summed E-state index contributed by atoms with van der Waals surface area (Å²) in [5.41, 5.74) is 2.84. The lowest BCUT2D eigenvalue weighted by Gasteiger charge is -2.11. The molecule has 5 nitrogen and oxygen atoms in total. The highest BCUT2D eigenvalue weighted by Crippen LogP contribution is 2.30. The predicted octanol–water partition coefficient (Wildman–Crippen LogP) is 6.08. The van der Waals surface area contributed by atoms with E-state index in [4.69, 9.17) is 9.47 Å². The van der Waals surface area contributed by atoms with Crippen molar-refractivity contribution in [2.45, 2.75) is 19.8 Å². The summed E-state index contributed by atoms with van der Waals surface area (Å²) in [6, 6.07) is 17.1. The van der Waals surface area contributed by atoms with Crippen LogP contribution >= 0.6 is 0 Å². The van der Waals surface area contributed by atoms with E-state index < -0.39 is 6.36 Å². The van der Waals surface area contributed by atoms with E-state index in [1.165, 1.54) is 24.3 Å². The zero-order valence-corrected chi connectivity index (χ0v) is 17.3. The highest BCUT2D eigenvalue weighted by Gasteiger charge is 2.30. The second kappa shape index (κ2) is 9.21. The van der Waals surface area contributed by atoms with Gasteiger partial charge in [0, 0.05) is 23.3 Å². The van der Waals surface area contributed by atoms with Crippen LogP contribution in [0.25, 0.3) is 22.2 Å². The van der Waals surface area contributed by atoms with Crippen LogP contribution in [0.2, 0.25) is 0 Å². The molecule has 0 spiro atoms. The standard InChI is InChI=1S/C24H21F3N2O3/c1-2-30-20-5-3-4-17(16-20)23-21-11-13-29(22(21)10-12-28-23)14-15-31-18-6-8-19(9-7-18)32-24(25,26)27/h3-13,16H,2,14-15H2,1H3. The first-order valence-electron chi connectivity index (χ1n) is 10.1. The monoisotopic (exact) mass is 442 g/mol. The van der Waals surface area contributed by atoms with Gasteiger partial charge >= 0.3 is 6.36 Å². The highest BCUT2D eigenvalue weighted by molar-refractivity contribution is 5.93. The van der Waals surface area contributed by atoms with Gasteiger partial charge in [-0.05, 0) is 55.5 Å². The quantitative estimate of drug-likeness (QED) is 0.332. The summed E-state index contributed by atoms with van der Waals surface area (Å²) in [6.45, 7) is 3.45. The third-order valence-electron chi connectivity index (χ3n) is 4.77. The summed E-state index contributed by atoms with van der Waals surface area (Å²) >= 11 is 0. The number of pyridine rings is 1. The van der Waals surface area contributed by atoms with Crippen LogP contribution in [0, 0.1) is 0 Å². The topological polar surface area (TPSA) is 45.5 Å². The molecule has 166 valence electrons. The number of hydrogen-bond donors (Lipinski definition) is 0. The lowest BCUT2D eigenvalue weighted by Crippen LogP contribution is -2.17. The van der Waals surface area contributed by atoms with E-state index in [2.05, 4.69) is 9.72 Å². The number of benzene rings is 2. The van der Waals surface area contributed by atoms with E-state index in [1.807, 2.05) is 54.1 Å². The Kier molecular flexibility index (Phi) is 6.20. The van der Waals surface area contributed by atoms with Crippen molar-refractivity contribution >= 4 is 10.9 Å². The zero-order chi connectivity index (χ0) is 22.6. The second-order valence-electron chi connectivity index (χ2n) is 6.93. The Morgan fingerprint density at radius 1 is 0.906 bits per heavy atom. The Labute approximate surface area is 183 Å². The maximum absolute atomic E-state index is 12.3. The molecule has 4 aromatic rings. The summed E-state index contributed by atoms with van der Waals surface area (Å²) in [4.78, 5) is 4.56. The molecule has 0 fully saturated rings. The Morgan fingerprint density at radius 2 is 1.69 bits per heavy atom. The summed E-state index contributed by atoms with van der Waals surface area (Å²) in [5.74, 6) is 0.976. The Balaban J connectivity index is 1.45. The molecule has 4 rings (SSSR count). The smallest absolute Gasteiger partial charge is 0.494 e. The number of ether oxygens (including phenoxy) is 3. The van der Waals surface area contributed by atoms with Crippen molar-refractivity contribution in [3.8, 4) is 28.5 Å². The maximum atomic E-state index is 12.3. The van der Waals surface area contributed by atoms with Crippen LogP contribution in [0.1, 0.15) is 6.92 Å². The van der Waals surface area contributed by atoms with Gasteiger partial charge in [-0.15, -0.1) is 13.2 Å². The summed E-state index contributed by atoms with van der Waals surface area (Å²) in [7, 11) is 0. The van der Waals surface area contributed by atoms with Crippen LogP contribution in [-0.4, -0.2) is 29.1 Å². The van der Waals surface area contributed by atoms with Crippen LogP contribution < -0.4 is 14.2 Å².